The molecule has 0 fully saturated rings. The van der Waals surface area contributed by atoms with Gasteiger partial charge in [0.1, 0.15) is 5.82 Å². The number of hydrogen-bond donors (Lipinski definition) is 2. The normalized spacial score (nSPS) is 11.5. The molecule has 102 valence electrons. The largest absolute Gasteiger partial charge is 0.339 e. The Bertz CT molecular complexity index is 696. The van der Waals surface area contributed by atoms with Crippen molar-refractivity contribution < 1.29 is 12.8 Å². The van der Waals surface area contributed by atoms with Crippen LogP contribution < -0.4 is 10.5 Å². The van der Waals surface area contributed by atoms with Gasteiger partial charge in [-0.25, -0.2) is 9.37 Å². The van der Waals surface area contributed by atoms with E-state index in [1.54, 1.807) is 7.05 Å². The van der Waals surface area contributed by atoms with Crippen LogP contribution in [0.4, 0.5) is 10.1 Å². The van der Waals surface area contributed by atoms with Gasteiger partial charge in [0, 0.05) is 19.8 Å². The van der Waals surface area contributed by atoms with Crippen molar-refractivity contribution in [3.8, 4) is 0 Å². The summed E-state index contributed by atoms with van der Waals surface area (Å²) in [6.07, 6.45) is 2.75. The van der Waals surface area contributed by atoms with Gasteiger partial charge in [-0.2, -0.15) is 8.42 Å². The lowest BCUT2D eigenvalue weighted by molar-refractivity contribution is 0.597. The fraction of sp³-hybridized carbons (Fsp3) is 0.182. The number of halogens is 1. The molecule has 0 amide bonds. The molecule has 8 heteroatoms. The zero-order valence-corrected chi connectivity index (χ0v) is 11.0. The number of benzene rings is 1. The van der Waals surface area contributed by atoms with E-state index in [1.807, 2.05) is 0 Å². The predicted molar refractivity (Wildman–Crippen MR) is 68.3 cm³/mol. The lowest BCUT2D eigenvalue weighted by Gasteiger charge is -2.10. The average Bonchev–Trinajstić information content (AvgIpc) is 2.79. The van der Waals surface area contributed by atoms with Gasteiger partial charge in [0.15, 0.2) is 5.03 Å². The molecule has 1 heterocycles. The van der Waals surface area contributed by atoms with Crippen LogP contribution in [0.15, 0.2) is 35.7 Å². The molecule has 1 aromatic carbocycles. The Balaban J connectivity index is 2.35. The van der Waals surface area contributed by atoms with Crippen molar-refractivity contribution in [3.05, 3.63) is 42.1 Å². The van der Waals surface area contributed by atoms with E-state index in [-0.39, 0.29) is 17.3 Å². The molecule has 2 aromatic rings. The molecule has 0 aliphatic rings. The number of hydrogen-bond acceptors (Lipinski definition) is 4. The highest BCUT2D eigenvalue weighted by atomic mass is 32.2. The van der Waals surface area contributed by atoms with Crippen molar-refractivity contribution in [1.29, 1.82) is 0 Å². The summed E-state index contributed by atoms with van der Waals surface area (Å²) >= 11 is 0. The first kappa shape index (κ1) is 13.5. The lowest BCUT2D eigenvalue weighted by atomic mass is 10.2. The number of aryl methyl sites for hydroxylation is 1. The molecule has 0 spiro atoms. The summed E-state index contributed by atoms with van der Waals surface area (Å²) in [5, 5.41) is -0.109. The van der Waals surface area contributed by atoms with E-state index in [0.29, 0.717) is 5.56 Å². The first-order valence-electron chi connectivity index (χ1n) is 5.41. The van der Waals surface area contributed by atoms with Gasteiger partial charge in [0.2, 0.25) is 0 Å². The number of anilines is 1. The topological polar surface area (TPSA) is 90.0 Å². The van der Waals surface area contributed by atoms with Crippen LogP contribution in [0.3, 0.4) is 0 Å². The molecule has 0 bridgehead atoms. The Kier molecular flexibility index (Phi) is 3.54. The van der Waals surface area contributed by atoms with Crippen molar-refractivity contribution in [3.63, 3.8) is 0 Å². The summed E-state index contributed by atoms with van der Waals surface area (Å²) in [5.74, 6) is -0.471. The number of rotatable bonds is 4. The second-order valence-corrected chi connectivity index (χ2v) is 5.62. The van der Waals surface area contributed by atoms with Crippen LogP contribution in [0, 0.1) is 5.82 Å². The minimum absolute atomic E-state index is 0.0256. The minimum atomic E-state index is -3.80. The summed E-state index contributed by atoms with van der Waals surface area (Å²) in [7, 11) is -2.14. The van der Waals surface area contributed by atoms with Gasteiger partial charge in [-0.15, -0.1) is 0 Å². The number of aromatic nitrogens is 2. The molecular weight excluding hydrogens is 271 g/mol. The highest BCUT2D eigenvalue weighted by Gasteiger charge is 2.18. The van der Waals surface area contributed by atoms with Crippen molar-refractivity contribution in [2.75, 3.05) is 4.72 Å². The van der Waals surface area contributed by atoms with E-state index in [9.17, 15) is 12.8 Å². The summed E-state index contributed by atoms with van der Waals surface area (Å²) < 4.78 is 41.0. The van der Waals surface area contributed by atoms with Crippen molar-refractivity contribution in [2.45, 2.75) is 11.6 Å². The Morgan fingerprint density at radius 1 is 1.47 bits per heavy atom. The molecule has 0 aliphatic heterocycles. The predicted octanol–water partition coefficient (Wildman–Crippen LogP) is 0.819. The number of nitrogens with one attached hydrogen (secondary N) is 1. The van der Waals surface area contributed by atoms with Crippen LogP contribution in [0.25, 0.3) is 0 Å². The molecule has 0 saturated heterocycles. The Morgan fingerprint density at radius 2 is 2.21 bits per heavy atom. The van der Waals surface area contributed by atoms with Crippen LogP contribution >= 0.6 is 0 Å². The van der Waals surface area contributed by atoms with E-state index in [2.05, 4.69) is 9.71 Å². The third kappa shape index (κ3) is 2.91. The first-order valence-corrected chi connectivity index (χ1v) is 6.90. The van der Waals surface area contributed by atoms with Gasteiger partial charge < -0.3 is 10.3 Å². The number of nitrogens with two attached hydrogens (primary N) is 1. The summed E-state index contributed by atoms with van der Waals surface area (Å²) in [4.78, 5) is 3.76. The quantitative estimate of drug-likeness (QED) is 0.869. The molecular formula is C11H13FN4O2S. The van der Waals surface area contributed by atoms with Gasteiger partial charge >= 0.3 is 0 Å². The zero-order valence-electron chi connectivity index (χ0n) is 10.2. The maximum Gasteiger partial charge on any atom is 0.280 e. The number of nitrogens with zero attached hydrogens (tertiary/aromatic N) is 2. The van der Waals surface area contributed by atoms with Gasteiger partial charge in [0.05, 0.1) is 12.0 Å². The van der Waals surface area contributed by atoms with Crippen LogP contribution in [0.2, 0.25) is 0 Å². The van der Waals surface area contributed by atoms with E-state index in [0.717, 1.165) is 6.07 Å². The Hall–Kier alpha value is -1.93. The standard InChI is InChI=1S/C11H13FN4O2S/c1-16-6-11(14-7-16)19(17,18)15-10-3-2-9(12)4-8(10)5-13/h2-4,6-7,15H,5,13H2,1H3. The molecule has 2 rings (SSSR count). The van der Waals surface area contributed by atoms with Gasteiger partial charge in [-0.1, -0.05) is 0 Å². The number of imidazole rings is 1. The molecule has 0 radical (unpaired) electrons. The van der Waals surface area contributed by atoms with Crippen LogP contribution in [0.5, 0.6) is 0 Å². The van der Waals surface area contributed by atoms with Gasteiger partial charge in [0.25, 0.3) is 10.0 Å². The van der Waals surface area contributed by atoms with Crippen molar-refractivity contribution >= 4 is 15.7 Å². The maximum atomic E-state index is 13.0. The Morgan fingerprint density at radius 3 is 2.79 bits per heavy atom. The van der Waals surface area contributed by atoms with E-state index < -0.39 is 15.8 Å². The zero-order chi connectivity index (χ0) is 14.0. The summed E-state index contributed by atoms with van der Waals surface area (Å²) in [6, 6.07) is 3.68. The summed E-state index contributed by atoms with van der Waals surface area (Å²) in [5.41, 5.74) is 6.08. The second kappa shape index (κ2) is 4.98. The van der Waals surface area contributed by atoms with Gasteiger partial charge in [-0.3, -0.25) is 4.72 Å². The minimum Gasteiger partial charge on any atom is -0.339 e. The highest BCUT2D eigenvalue weighted by molar-refractivity contribution is 7.92. The Labute approximate surface area is 110 Å². The maximum absolute atomic E-state index is 13.0. The summed E-state index contributed by atoms with van der Waals surface area (Å²) in [6.45, 7) is 0.0256. The van der Waals surface area contributed by atoms with Crippen molar-refractivity contribution in [2.24, 2.45) is 12.8 Å². The molecule has 6 nitrogen and oxygen atoms in total. The SMILES string of the molecule is Cn1cnc(S(=O)(=O)Nc2ccc(F)cc2CN)c1. The fourth-order valence-electron chi connectivity index (χ4n) is 1.56. The molecule has 1 aromatic heterocycles. The molecule has 0 unspecified atom stereocenters. The second-order valence-electron chi connectivity index (χ2n) is 3.99. The van der Waals surface area contributed by atoms with Crippen LogP contribution in [-0.2, 0) is 23.6 Å². The molecule has 3 N–H and O–H groups in total. The fourth-order valence-corrected chi connectivity index (χ4v) is 2.64. The molecule has 0 atom stereocenters. The van der Waals surface area contributed by atoms with E-state index >= 15 is 0 Å². The van der Waals surface area contributed by atoms with Gasteiger partial charge in [-0.05, 0) is 23.8 Å². The smallest absolute Gasteiger partial charge is 0.280 e. The van der Waals surface area contributed by atoms with Crippen LogP contribution in [-0.4, -0.2) is 18.0 Å². The third-order valence-electron chi connectivity index (χ3n) is 2.49. The van der Waals surface area contributed by atoms with E-state index in [1.165, 1.54) is 29.2 Å². The first-order chi connectivity index (χ1) is 8.92. The number of sulfonamides is 1. The van der Waals surface area contributed by atoms with Crippen molar-refractivity contribution in [1.82, 2.24) is 9.55 Å². The molecule has 19 heavy (non-hydrogen) atoms. The van der Waals surface area contributed by atoms with E-state index in [4.69, 9.17) is 5.73 Å². The monoisotopic (exact) mass is 284 g/mol. The van der Waals surface area contributed by atoms with Crippen LogP contribution in [0.1, 0.15) is 5.56 Å². The third-order valence-corrected chi connectivity index (χ3v) is 3.74. The molecule has 0 aliphatic carbocycles. The lowest BCUT2D eigenvalue weighted by Crippen LogP contribution is -2.15. The molecule has 0 saturated carbocycles. The highest BCUT2D eigenvalue weighted by Crippen LogP contribution is 2.20. The average molecular weight is 284 g/mol.